The molecule has 0 atom stereocenters. The summed E-state index contributed by atoms with van der Waals surface area (Å²) in [6.07, 6.45) is -0.0695. The number of carbonyl (C=O) groups excluding carboxylic acids is 2. The van der Waals surface area contributed by atoms with Crippen LogP contribution < -0.4 is 5.32 Å². The van der Waals surface area contributed by atoms with Gasteiger partial charge in [0, 0.05) is 5.69 Å². The first-order valence-electron chi connectivity index (χ1n) is 6.52. The number of benzene rings is 1. The van der Waals surface area contributed by atoms with Crippen LogP contribution in [0.5, 0.6) is 0 Å². The summed E-state index contributed by atoms with van der Waals surface area (Å²) in [5.74, 6) is -0.374. The van der Waals surface area contributed by atoms with E-state index in [9.17, 15) is 9.59 Å². The molecule has 1 rings (SSSR count). The maximum Gasteiger partial charge on any atom is 0.231 e. The molecule has 0 aliphatic carbocycles. The smallest absolute Gasteiger partial charge is 0.231 e. The van der Waals surface area contributed by atoms with Gasteiger partial charge in [-0.25, -0.2) is 0 Å². The Morgan fingerprint density at radius 2 is 1.58 bits per heavy atom. The highest BCUT2D eigenvalue weighted by atomic mass is 16.2. The highest BCUT2D eigenvalue weighted by Crippen LogP contribution is 2.29. The van der Waals surface area contributed by atoms with E-state index in [-0.39, 0.29) is 23.5 Å². The lowest BCUT2D eigenvalue weighted by Crippen LogP contribution is -2.17. The second-order valence-electron chi connectivity index (χ2n) is 6.16. The molecule has 104 valence electrons. The van der Waals surface area contributed by atoms with E-state index in [0.29, 0.717) is 0 Å². The predicted molar refractivity (Wildman–Crippen MR) is 78.5 cm³/mol. The van der Waals surface area contributed by atoms with Crippen LogP contribution in [-0.2, 0) is 15.0 Å². The molecule has 0 aromatic heterocycles. The molecule has 0 unspecified atom stereocenters. The zero-order valence-corrected chi connectivity index (χ0v) is 12.7. The lowest BCUT2D eigenvalue weighted by Gasteiger charge is -2.22. The molecule has 1 aromatic rings. The van der Waals surface area contributed by atoms with Crippen LogP contribution in [0.4, 0.5) is 5.69 Å². The molecule has 0 heterocycles. The summed E-state index contributed by atoms with van der Waals surface area (Å²) >= 11 is 0. The molecule has 3 heteroatoms. The Balaban J connectivity index is 3.04. The minimum absolute atomic E-state index is 0.0695. The third kappa shape index (κ3) is 4.19. The molecule has 0 fully saturated rings. The Morgan fingerprint density at radius 3 is 1.95 bits per heavy atom. The van der Waals surface area contributed by atoms with Crippen LogP contribution in [0.1, 0.15) is 50.8 Å². The largest absolute Gasteiger partial charge is 0.325 e. The first kappa shape index (κ1) is 15.4. The van der Waals surface area contributed by atoms with Crippen molar-refractivity contribution in [2.75, 3.05) is 5.32 Å². The minimum Gasteiger partial charge on any atom is -0.325 e. The number of nitrogens with one attached hydrogen (secondary N) is 1. The standard InChI is InChI=1S/C16H23NO2/c1-10-7-13(16(4,5)6)8-11(2)15(10)17-14(19)9-12(3)18/h7-8H,9H2,1-6H3,(H,17,19). The van der Waals surface area contributed by atoms with E-state index in [2.05, 4.69) is 38.2 Å². The zero-order chi connectivity index (χ0) is 14.8. The Bertz CT molecular complexity index is 487. The number of hydrogen-bond donors (Lipinski definition) is 1. The molecule has 0 radical (unpaired) electrons. The van der Waals surface area contributed by atoms with Gasteiger partial charge in [-0.15, -0.1) is 0 Å². The van der Waals surface area contributed by atoms with E-state index in [0.717, 1.165) is 16.8 Å². The van der Waals surface area contributed by atoms with Crippen LogP contribution in [0.25, 0.3) is 0 Å². The SMILES string of the molecule is CC(=O)CC(=O)Nc1c(C)cc(C(C)(C)C)cc1C. The van der Waals surface area contributed by atoms with Gasteiger partial charge >= 0.3 is 0 Å². The number of carbonyl (C=O) groups is 2. The maximum absolute atomic E-state index is 11.7. The van der Waals surface area contributed by atoms with E-state index in [1.807, 2.05) is 13.8 Å². The fourth-order valence-electron chi connectivity index (χ4n) is 2.00. The first-order chi connectivity index (χ1) is 8.61. The fourth-order valence-corrected chi connectivity index (χ4v) is 2.00. The van der Waals surface area contributed by atoms with E-state index >= 15 is 0 Å². The van der Waals surface area contributed by atoms with Gasteiger partial charge in [-0.3, -0.25) is 9.59 Å². The van der Waals surface area contributed by atoms with Gasteiger partial charge in [-0.1, -0.05) is 32.9 Å². The van der Waals surface area contributed by atoms with E-state index < -0.39 is 0 Å². The zero-order valence-electron chi connectivity index (χ0n) is 12.7. The van der Waals surface area contributed by atoms with E-state index in [4.69, 9.17) is 0 Å². The van der Waals surface area contributed by atoms with Crippen molar-refractivity contribution in [2.24, 2.45) is 0 Å². The average Bonchev–Trinajstić information content (AvgIpc) is 2.20. The van der Waals surface area contributed by atoms with Crippen molar-refractivity contribution in [3.8, 4) is 0 Å². The highest BCUT2D eigenvalue weighted by Gasteiger charge is 2.17. The maximum atomic E-state index is 11.7. The molecule has 1 N–H and O–H groups in total. The lowest BCUT2D eigenvalue weighted by atomic mass is 9.85. The minimum atomic E-state index is -0.248. The van der Waals surface area contributed by atoms with Crippen LogP contribution >= 0.6 is 0 Å². The van der Waals surface area contributed by atoms with Crippen LogP contribution in [0.3, 0.4) is 0 Å². The van der Waals surface area contributed by atoms with Gasteiger partial charge in [0.25, 0.3) is 0 Å². The van der Waals surface area contributed by atoms with Gasteiger partial charge in [-0.2, -0.15) is 0 Å². The normalized spacial score (nSPS) is 11.3. The van der Waals surface area contributed by atoms with E-state index in [1.165, 1.54) is 12.5 Å². The van der Waals surface area contributed by atoms with Crippen molar-refractivity contribution in [1.82, 2.24) is 0 Å². The summed E-state index contributed by atoms with van der Waals surface area (Å²) in [6, 6.07) is 4.19. The topological polar surface area (TPSA) is 46.2 Å². The first-order valence-corrected chi connectivity index (χ1v) is 6.52. The van der Waals surface area contributed by atoms with E-state index in [1.54, 1.807) is 0 Å². The van der Waals surface area contributed by atoms with Crippen molar-refractivity contribution >= 4 is 17.4 Å². The number of rotatable bonds is 3. The van der Waals surface area contributed by atoms with Gasteiger partial charge < -0.3 is 5.32 Å². The molecule has 0 spiro atoms. The summed E-state index contributed by atoms with van der Waals surface area (Å²) < 4.78 is 0. The quantitative estimate of drug-likeness (QED) is 0.846. The van der Waals surface area contributed by atoms with Gasteiger partial charge in [0.05, 0.1) is 6.42 Å². The Labute approximate surface area is 115 Å². The van der Waals surface area contributed by atoms with Crippen molar-refractivity contribution in [3.63, 3.8) is 0 Å². The third-order valence-corrected chi connectivity index (χ3v) is 3.07. The molecule has 0 aliphatic heterocycles. The molecule has 1 aromatic carbocycles. The lowest BCUT2D eigenvalue weighted by molar-refractivity contribution is -0.124. The highest BCUT2D eigenvalue weighted by molar-refractivity contribution is 6.04. The van der Waals surface area contributed by atoms with Gasteiger partial charge in [-0.05, 0) is 42.9 Å². The fraction of sp³-hybridized carbons (Fsp3) is 0.500. The number of amides is 1. The van der Waals surface area contributed by atoms with Crippen LogP contribution in [0.15, 0.2) is 12.1 Å². The summed E-state index contributed by atoms with van der Waals surface area (Å²) in [6.45, 7) is 11.9. The Hall–Kier alpha value is -1.64. The van der Waals surface area contributed by atoms with Gasteiger partial charge in [0.2, 0.25) is 5.91 Å². The monoisotopic (exact) mass is 261 g/mol. The number of ketones is 1. The molecule has 0 saturated heterocycles. The van der Waals surface area contributed by atoms with Gasteiger partial charge in [0.15, 0.2) is 0 Å². The van der Waals surface area contributed by atoms with Crippen molar-refractivity contribution in [3.05, 3.63) is 28.8 Å². The number of aryl methyl sites for hydroxylation is 2. The molecule has 0 bridgehead atoms. The molecular weight excluding hydrogens is 238 g/mol. The predicted octanol–water partition coefficient (Wildman–Crippen LogP) is 3.52. The summed E-state index contributed by atoms with van der Waals surface area (Å²) in [5.41, 5.74) is 4.20. The summed E-state index contributed by atoms with van der Waals surface area (Å²) in [7, 11) is 0. The molecule has 3 nitrogen and oxygen atoms in total. The second-order valence-corrected chi connectivity index (χ2v) is 6.16. The van der Waals surface area contributed by atoms with Crippen LogP contribution in [0, 0.1) is 13.8 Å². The van der Waals surface area contributed by atoms with Crippen LogP contribution in [-0.4, -0.2) is 11.7 Å². The Kier molecular flexibility index (Phi) is 4.51. The summed E-state index contributed by atoms with van der Waals surface area (Å²) in [4.78, 5) is 22.6. The Morgan fingerprint density at radius 1 is 1.11 bits per heavy atom. The van der Waals surface area contributed by atoms with Crippen molar-refractivity contribution in [2.45, 2.75) is 53.4 Å². The number of hydrogen-bond acceptors (Lipinski definition) is 2. The van der Waals surface area contributed by atoms with Crippen molar-refractivity contribution in [1.29, 1.82) is 0 Å². The molecular formula is C16H23NO2. The number of anilines is 1. The van der Waals surface area contributed by atoms with Gasteiger partial charge in [0.1, 0.15) is 5.78 Å². The average molecular weight is 261 g/mol. The number of Topliss-reactive ketones (excluding diaryl/α,β-unsaturated/α-hetero) is 1. The summed E-state index contributed by atoms with van der Waals surface area (Å²) in [5, 5.41) is 2.83. The third-order valence-electron chi connectivity index (χ3n) is 3.07. The molecule has 19 heavy (non-hydrogen) atoms. The van der Waals surface area contributed by atoms with Crippen LogP contribution in [0.2, 0.25) is 0 Å². The molecule has 0 saturated carbocycles. The second kappa shape index (κ2) is 5.55. The molecule has 0 aliphatic rings. The van der Waals surface area contributed by atoms with Crippen molar-refractivity contribution < 1.29 is 9.59 Å². The molecule has 1 amide bonds.